The van der Waals surface area contributed by atoms with Gasteiger partial charge in [-0.25, -0.2) is 0 Å². The SMILES string of the molecule is CCC1CCCCCC(=O)C1=O. The molecule has 0 aromatic rings. The first-order valence-electron chi connectivity index (χ1n) is 4.82. The molecule has 2 heteroatoms. The molecule has 0 bridgehead atoms. The Morgan fingerprint density at radius 1 is 1.25 bits per heavy atom. The summed E-state index contributed by atoms with van der Waals surface area (Å²) in [5.74, 6) is -0.225. The molecule has 0 amide bonds. The molecule has 1 aliphatic rings. The Labute approximate surface area is 73.3 Å². The van der Waals surface area contributed by atoms with Crippen molar-refractivity contribution in [2.45, 2.75) is 45.4 Å². The van der Waals surface area contributed by atoms with Crippen molar-refractivity contribution < 1.29 is 9.59 Å². The van der Waals surface area contributed by atoms with Crippen molar-refractivity contribution in [2.75, 3.05) is 0 Å². The van der Waals surface area contributed by atoms with Crippen LogP contribution in [0.5, 0.6) is 0 Å². The Hall–Kier alpha value is -0.660. The number of hydrogen-bond donors (Lipinski definition) is 0. The van der Waals surface area contributed by atoms with Crippen LogP contribution in [0.15, 0.2) is 0 Å². The number of carbonyl (C=O) groups excluding carboxylic acids is 2. The van der Waals surface area contributed by atoms with Crippen molar-refractivity contribution in [1.82, 2.24) is 0 Å². The molecule has 68 valence electrons. The highest BCUT2D eigenvalue weighted by molar-refractivity contribution is 6.37. The first-order valence-corrected chi connectivity index (χ1v) is 4.82. The third-order valence-corrected chi connectivity index (χ3v) is 2.59. The van der Waals surface area contributed by atoms with Crippen LogP contribution in [-0.2, 0) is 9.59 Å². The molecular formula is C10H16O2. The van der Waals surface area contributed by atoms with Crippen LogP contribution < -0.4 is 0 Å². The first-order chi connectivity index (χ1) is 5.75. The van der Waals surface area contributed by atoms with E-state index in [9.17, 15) is 9.59 Å². The van der Waals surface area contributed by atoms with E-state index in [1.54, 1.807) is 0 Å². The largest absolute Gasteiger partial charge is 0.291 e. The maximum absolute atomic E-state index is 11.4. The second-order valence-electron chi connectivity index (χ2n) is 3.49. The fourth-order valence-corrected chi connectivity index (χ4v) is 1.72. The Morgan fingerprint density at radius 2 is 2.00 bits per heavy atom. The molecule has 0 heterocycles. The molecular weight excluding hydrogens is 152 g/mol. The summed E-state index contributed by atoms with van der Waals surface area (Å²) in [5.41, 5.74) is 0. The van der Waals surface area contributed by atoms with E-state index < -0.39 is 0 Å². The van der Waals surface area contributed by atoms with Crippen LogP contribution in [0.3, 0.4) is 0 Å². The van der Waals surface area contributed by atoms with Gasteiger partial charge in [0, 0.05) is 12.3 Å². The molecule has 1 aliphatic carbocycles. The van der Waals surface area contributed by atoms with Gasteiger partial charge in [0.25, 0.3) is 0 Å². The summed E-state index contributed by atoms with van der Waals surface area (Å²) in [7, 11) is 0. The molecule has 0 aliphatic heterocycles. The van der Waals surface area contributed by atoms with Crippen molar-refractivity contribution >= 4 is 11.6 Å². The molecule has 1 unspecified atom stereocenters. The molecule has 0 saturated heterocycles. The monoisotopic (exact) mass is 168 g/mol. The molecule has 0 aromatic carbocycles. The number of rotatable bonds is 1. The van der Waals surface area contributed by atoms with Crippen LogP contribution in [0, 0.1) is 5.92 Å². The maximum atomic E-state index is 11.4. The lowest BCUT2D eigenvalue weighted by atomic mass is 9.88. The summed E-state index contributed by atoms with van der Waals surface area (Å²) in [5, 5.41) is 0. The standard InChI is InChI=1S/C10H16O2/c1-2-8-6-4-3-5-7-9(11)10(8)12/h8H,2-7H2,1H3. The van der Waals surface area contributed by atoms with Gasteiger partial charge in [-0.15, -0.1) is 0 Å². The molecule has 1 saturated carbocycles. The van der Waals surface area contributed by atoms with Gasteiger partial charge in [-0.05, 0) is 19.3 Å². The average molecular weight is 168 g/mol. The van der Waals surface area contributed by atoms with Gasteiger partial charge < -0.3 is 0 Å². The normalized spacial score (nSPS) is 26.6. The quantitative estimate of drug-likeness (QED) is 0.562. The van der Waals surface area contributed by atoms with Crippen LogP contribution in [0.25, 0.3) is 0 Å². The van der Waals surface area contributed by atoms with Crippen LogP contribution in [-0.4, -0.2) is 11.6 Å². The van der Waals surface area contributed by atoms with Crippen molar-refractivity contribution in [1.29, 1.82) is 0 Å². The maximum Gasteiger partial charge on any atom is 0.201 e. The highest BCUT2D eigenvalue weighted by atomic mass is 16.2. The molecule has 0 aromatic heterocycles. The third-order valence-electron chi connectivity index (χ3n) is 2.59. The Kier molecular flexibility index (Phi) is 3.45. The lowest BCUT2D eigenvalue weighted by molar-refractivity contribution is -0.139. The Morgan fingerprint density at radius 3 is 2.67 bits per heavy atom. The molecule has 1 fully saturated rings. The van der Waals surface area contributed by atoms with E-state index in [4.69, 9.17) is 0 Å². The van der Waals surface area contributed by atoms with E-state index in [2.05, 4.69) is 0 Å². The van der Waals surface area contributed by atoms with Crippen molar-refractivity contribution in [3.63, 3.8) is 0 Å². The molecule has 2 nitrogen and oxygen atoms in total. The van der Waals surface area contributed by atoms with E-state index in [1.165, 1.54) is 0 Å². The van der Waals surface area contributed by atoms with E-state index in [0.29, 0.717) is 6.42 Å². The highest BCUT2D eigenvalue weighted by Crippen LogP contribution is 2.19. The fraction of sp³-hybridized carbons (Fsp3) is 0.800. The zero-order valence-corrected chi connectivity index (χ0v) is 7.64. The molecule has 1 rings (SSSR count). The zero-order valence-electron chi connectivity index (χ0n) is 7.64. The second kappa shape index (κ2) is 4.39. The predicted molar refractivity (Wildman–Crippen MR) is 46.9 cm³/mol. The van der Waals surface area contributed by atoms with Gasteiger partial charge in [0.05, 0.1) is 0 Å². The highest BCUT2D eigenvalue weighted by Gasteiger charge is 2.24. The van der Waals surface area contributed by atoms with Crippen LogP contribution in [0.1, 0.15) is 45.4 Å². The van der Waals surface area contributed by atoms with Crippen molar-refractivity contribution in [2.24, 2.45) is 5.92 Å². The van der Waals surface area contributed by atoms with E-state index >= 15 is 0 Å². The van der Waals surface area contributed by atoms with Gasteiger partial charge in [0.2, 0.25) is 5.78 Å². The van der Waals surface area contributed by atoms with Gasteiger partial charge in [-0.1, -0.05) is 19.8 Å². The van der Waals surface area contributed by atoms with Gasteiger partial charge in [-0.2, -0.15) is 0 Å². The fourth-order valence-electron chi connectivity index (χ4n) is 1.72. The van der Waals surface area contributed by atoms with Crippen molar-refractivity contribution in [3.05, 3.63) is 0 Å². The molecule has 12 heavy (non-hydrogen) atoms. The number of ketones is 2. The minimum absolute atomic E-state index is 0.0257. The van der Waals surface area contributed by atoms with Crippen LogP contribution in [0.4, 0.5) is 0 Å². The minimum atomic E-state index is -0.137. The van der Waals surface area contributed by atoms with Gasteiger partial charge in [0.15, 0.2) is 5.78 Å². The van der Waals surface area contributed by atoms with Crippen LogP contribution in [0.2, 0.25) is 0 Å². The summed E-state index contributed by atoms with van der Waals surface area (Å²) < 4.78 is 0. The number of carbonyl (C=O) groups is 2. The summed E-state index contributed by atoms with van der Waals surface area (Å²) in [4.78, 5) is 22.6. The van der Waals surface area contributed by atoms with Gasteiger partial charge >= 0.3 is 0 Å². The lowest BCUT2D eigenvalue weighted by Gasteiger charge is -2.15. The van der Waals surface area contributed by atoms with E-state index in [1.807, 2.05) is 6.92 Å². The Bertz CT molecular complexity index is 184. The first kappa shape index (κ1) is 9.43. The zero-order chi connectivity index (χ0) is 8.97. The lowest BCUT2D eigenvalue weighted by Crippen LogP contribution is -2.24. The number of Topliss-reactive ketones (excluding diaryl/α,β-unsaturated/α-hetero) is 2. The molecule has 0 radical (unpaired) electrons. The third kappa shape index (κ3) is 2.16. The van der Waals surface area contributed by atoms with Crippen LogP contribution >= 0.6 is 0 Å². The molecule has 1 atom stereocenters. The summed E-state index contributed by atoms with van der Waals surface area (Å²) in [6, 6.07) is 0. The number of hydrogen-bond acceptors (Lipinski definition) is 2. The molecule has 0 spiro atoms. The molecule has 0 N–H and O–H groups in total. The topological polar surface area (TPSA) is 34.1 Å². The van der Waals surface area contributed by atoms with E-state index in [-0.39, 0.29) is 17.5 Å². The average Bonchev–Trinajstić information content (AvgIpc) is 2.07. The summed E-state index contributed by atoms with van der Waals surface area (Å²) in [6.45, 7) is 1.98. The van der Waals surface area contributed by atoms with Gasteiger partial charge in [-0.3, -0.25) is 9.59 Å². The van der Waals surface area contributed by atoms with Crippen molar-refractivity contribution in [3.8, 4) is 0 Å². The Balaban J connectivity index is 2.59. The summed E-state index contributed by atoms with van der Waals surface area (Å²) in [6.07, 6.45) is 5.34. The minimum Gasteiger partial charge on any atom is -0.291 e. The summed E-state index contributed by atoms with van der Waals surface area (Å²) >= 11 is 0. The van der Waals surface area contributed by atoms with E-state index in [0.717, 1.165) is 32.1 Å². The van der Waals surface area contributed by atoms with Gasteiger partial charge in [0.1, 0.15) is 0 Å². The predicted octanol–water partition coefficient (Wildman–Crippen LogP) is 2.11. The second-order valence-corrected chi connectivity index (χ2v) is 3.49. The smallest absolute Gasteiger partial charge is 0.201 e.